The molecule has 2 heterocycles. The number of carbonyl (C=O) groups is 1. The molecule has 1 saturated heterocycles. The van der Waals surface area contributed by atoms with Gasteiger partial charge in [0.2, 0.25) is 10.0 Å². The number of nitrogens with one attached hydrogen (secondary N) is 1. The molecule has 0 unspecified atom stereocenters. The van der Waals surface area contributed by atoms with Crippen LogP contribution in [0.25, 0.3) is 11.0 Å². The molecule has 2 aromatic rings. The quantitative estimate of drug-likeness (QED) is 0.663. The van der Waals surface area contributed by atoms with Gasteiger partial charge in [-0.25, -0.2) is 18.2 Å². The van der Waals surface area contributed by atoms with Crippen LogP contribution in [0.2, 0.25) is 0 Å². The van der Waals surface area contributed by atoms with Crippen LogP contribution in [0.5, 0.6) is 0 Å². The van der Waals surface area contributed by atoms with E-state index in [1.165, 1.54) is 17.1 Å². The number of amides is 2. The van der Waals surface area contributed by atoms with E-state index in [2.05, 4.69) is 10.2 Å². The average Bonchev–Trinajstić information content (AvgIpc) is 3.42. The van der Waals surface area contributed by atoms with Gasteiger partial charge in [-0.2, -0.15) is 4.31 Å². The minimum atomic E-state index is -3.52. The Morgan fingerprint density at radius 3 is 2.42 bits per heavy atom. The molecule has 1 aromatic heterocycles. The van der Waals surface area contributed by atoms with Gasteiger partial charge in [0.05, 0.1) is 22.5 Å². The van der Waals surface area contributed by atoms with E-state index in [4.69, 9.17) is 4.98 Å². The maximum Gasteiger partial charge on any atom is 0.317 e. The van der Waals surface area contributed by atoms with E-state index in [1.54, 1.807) is 12.1 Å². The van der Waals surface area contributed by atoms with Gasteiger partial charge in [0.25, 0.3) is 0 Å². The number of fused-ring (bicyclic) bond motifs is 1. The molecule has 2 fully saturated rings. The highest BCUT2D eigenvalue weighted by molar-refractivity contribution is 7.89. The summed E-state index contributed by atoms with van der Waals surface area (Å²) in [5.74, 6) is 0.895. The van der Waals surface area contributed by atoms with Crippen molar-refractivity contribution >= 4 is 27.1 Å². The van der Waals surface area contributed by atoms with Crippen LogP contribution in [-0.4, -0.2) is 83.4 Å². The third-order valence-corrected chi connectivity index (χ3v) is 9.04. The average molecular weight is 477 g/mol. The number of sulfonamides is 1. The SMILES string of the molecule is CCN(CC)S(=O)(=O)c1ccc2c(c1)nc(CN1CCN(C(=O)NC3CCCC3)CC1)n2C. The minimum absolute atomic E-state index is 0.0613. The van der Waals surface area contributed by atoms with Gasteiger partial charge in [0, 0.05) is 52.4 Å². The zero-order valence-corrected chi connectivity index (χ0v) is 20.8. The van der Waals surface area contributed by atoms with Crippen LogP contribution in [0.1, 0.15) is 45.4 Å². The van der Waals surface area contributed by atoms with Crippen molar-refractivity contribution in [1.29, 1.82) is 0 Å². The third kappa shape index (κ3) is 5.02. The molecular formula is C23H36N6O3S. The standard InChI is InChI=1S/C23H36N6O3S/c1-4-29(5-2)33(31,32)19-10-11-21-20(16-19)25-22(26(21)3)17-27-12-14-28(15-13-27)23(30)24-18-8-6-7-9-18/h10-11,16,18H,4-9,12-15,17H2,1-3H3,(H,24,30). The Labute approximate surface area is 196 Å². The molecule has 2 aliphatic rings. The van der Waals surface area contributed by atoms with Gasteiger partial charge in [-0.1, -0.05) is 26.7 Å². The molecule has 1 aliphatic heterocycles. The van der Waals surface area contributed by atoms with Crippen molar-refractivity contribution in [2.75, 3.05) is 39.3 Å². The van der Waals surface area contributed by atoms with Crippen LogP contribution in [0.3, 0.4) is 0 Å². The Kier molecular flexibility index (Phi) is 7.25. The van der Waals surface area contributed by atoms with Crippen LogP contribution in [0.15, 0.2) is 23.1 Å². The molecule has 2 amide bonds. The molecule has 0 bridgehead atoms. The molecule has 4 rings (SSSR count). The topological polar surface area (TPSA) is 90.8 Å². The van der Waals surface area contributed by atoms with Crippen LogP contribution in [-0.2, 0) is 23.6 Å². The van der Waals surface area contributed by atoms with E-state index in [0.29, 0.717) is 44.3 Å². The number of piperazine rings is 1. The van der Waals surface area contributed by atoms with Crippen molar-refractivity contribution in [2.24, 2.45) is 7.05 Å². The Bertz CT molecular complexity index is 1080. The number of urea groups is 1. The predicted molar refractivity (Wildman–Crippen MR) is 128 cm³/mol. The number of benzene rings is 1. The molecular weight excluding hydrogens is 440 g/mol. The molecule has 0 atom stereocenters. The van der Waals surface area contributed by atoms with E-state index < -0.39 is 10.0 Å². The molecule has 1 saturated carbocycles. The van der Waals surface area contributed by atoms with Gasteiger partial charge in [-0.15, -0.1) is 0 Å². The first-order valence-electron chi connectivity index (χ1n) is 12.1. The molecule has 182 valence electrons. The van der Waals surface area contributed by atoms with Gasteiger partial charge < -0.3 is 14.8 Å². The summed E-state index contributed by atoms with van der Waals surface area (Å²) >= 11 is 0. The predicted octanol–water partition coefficient (Wildman–Crippen LogP) is 2.37. The Morgan fingerprint density at radius 1 is 1.12 bits per heavy atom. The zero-order chi connectivity index (χ0) is 23.6. The summed E-state index contributed by atoms with van der Waals surface area (Å²) in [6.07, 6.45) is 4.60. The second-order valence-electron chi connectivity index (χ2n) is 9.02. The van der Waals surface area contributed by atoms with E-state index in [0.717, 1.165) is 37.3 Å². The van der Waals surface area contributed by atoms with Crippen molar-refractivity contribution in [3.8, 4) is 0 Å². The first-order chi connectivity index (χ1) is 15.8. The van der Waals surface area contributed by atoms with Crippen LogP contribution >= 0.6 is 0 Å². The summed E-state index contributed by atoms with van der Waals surface area (Å²) < 4.78 is 29.3. The zero-order valence-electron chi connectivity index (χ0n) is 20.0. The molecule has 10 heteroatoms. The number of hydrogen-bond donors (Lipinski definition) is 1. The van der Waals surface area contributed by atoms with Crippen LogP contribution in [0.4, 0.5) is 4.79 Å². The Hall–Kier alpha value is -2.17. The van der Waals surface area contributed by atoms with Crippen molar-refractivity contribution < 1.29 is 13.2 Å². The van der Waals surface area contributed by atoms with Crippen LogP contribution < -0.4 is 5.32 Å². The van der Waals surface area contributed by atoms with Crippen molar-refractivity contribution in [3.05, 3.63) is 24.0 Å². The van der Waals surface area contributed by atoms with Gasteiger partial charge in [0.1, 0.15) is 5.82 Å². The summed E-state index contributed by atoms with van der Waals surface area (Å²) in [6, 6.07) is 5.59. The Morgan fingerprint density at radius 2 is 1.79 bits per heavy atom. The summed E-state index contributed by atoms with van der Waals surface area (Å²) in [4.78, 5) is 21.8. The molecule has 1 aliphatic carbocycles. The van der Waals surface area contributed by atoms with E-state index in [-0.39, 0.29) is 10.9 Å². The van der Waals surface area contributed by atoms with Crippen molar-refractivity contribution in [3.63, 3.8) is 0 Å². The number of nitrogens with zero attached hydrogens (tertiary/aromatic N) is 5. The first kappa shape index (κ1) is 24.0. The molecule has 0 spiro atoms. The van der Waals surface area contributed by atoms with E-state index >= 15 is 0 Å². The van der Waals surface area contributed by atoms with Gasteiger partial charge in [0.15, 0.2) is 0 Å². The molecule has 9 nitrogen and oxygen atoms in total. The number of aryl methyl sites for hydroxylation is 1. The fraction of sp³-hybridized carbons (Fsp3) is 0.652. The van der Waals surface area contributed by atoms with E-state index in [9.17, 15) is 13.2 Å². The fourth-order valence-electron chi connectivity index (χ4n) is 4.89. The third-order valence-electron chi connectivity index (χ3n) is 7.00. The second kappa shape index (κ2) is 9.99. The lowest BCUT2D eigenvalue weighted by Gasteiger charge is -2.35. The number of aromatic nitrogens is 2. The normalized spacial score (nSPS) is 18.5. The molecule has 1 N–H and O–H groups in total. The number of imidazole rings is 1. The van der Waals surface area contributed by atoms with Gasteiger partial charge in [-0.3, -0.25) is 4.90 Å². The molecule has 1 aromatic carbocycles. The van der Waals surface area contributed by atoms with Gasteiger partial charge >= 0.3 is 6.03 Å². The second-order valence-corrected chi connectivity index (χ2v) is 11.0. The summed E-state index contributed by atoms with van der Waals surface area (Å²) in [5, 5.41) is 3.17. The highest BCUT2D eigenvalue weighted by atomic mass is 32.2. The summed E-state index contributed by atoms with van der Waals surface area (Å²) in [6.45, 7) is 8.23. The lowest BCUT2D eigenvalue weighted by Crippen LogP contribution is -2.53. The van der Waals surface area contributed by atoms with Crippen LogP contribution in [0, 0.1) is 0 Å². The summed E-state index contributed by atoms with van der Waals surface area (Å²) in [7, 11) is -1.55. The van der Waals surface area contributed by atoms with Gasteiger partial charge in [-0.05, 0) is 31.0 Å². The monoisotopic (exact) mass is 476 g/mol. The molecule has 33 heavy (non-hydrogen) atoms. The lowest BCUT2D eigenvalue weighted by atomic mass is 10.2. The minimum Gasteiger partial charge on any atom is -0.335 e. The number of carbonyl (C=O) groups excluding carboxylic acids is 1. The maximum absolute atomic E-state index is 12.9. The van der Waals surface area contributed by atoms with Crippen molar-refractivity contribution in [2.45, 2.75) is 57.0 Å². The van der Waals surface area contributed by atoms with Crippen molar-refractivity contribution in [1.82, 2.24) is 29.0 Å². The fourth-order valence-corrected chi connectivity index (χ4v) is 6.37. The highest BCUT2D eigenvalue weighted by Crippen LogP contribution is 2.23. The largest absolute Gasteiger partial charge is 0.335 e. The Balaban J connectivity index is 1.41. The molecule has 0 radical (unpaired) electrons. The lowest BCUT2D eigenvalue weighted by molar-refractivity contribution is 0.131. The summed E-state index contributed by atoms with van der Waals surface area (Å²) in [5.41, 5.74) is 1.60. The number of hydrogen-bond acceptors (Lipinski definition) is 5. The smallest absolute Gasteiger partial charge is 0.317 e. The maximum atomic E-state index is 12.9. The first-order valence-corrected chi connectivity index (χ1v) is 13.5. The number of rotatable bonds is 7. The van der Waals surface area contributed by atoms with E-state index in [1.807, 2.05) is 36.4 Å². The highest BCUT2D eigenvalue weighted by Gasteiger charge is 2.26.